The average Bonchev–Trinajstić information content (AvgIpc) is 2.84. The van der Waals surface area contributed by atoms with E-state index in [4.69, 9.17) is 18.9 Å². The Labute approximate surface area is 249 Å². The molecular formula is C27H39KN2O4. The molecule has 0 saturated carbocycles. The van der Waals surface area contributed by atoms with E-state index < -0.39 is 5.41 Å². The Morgan fingerprint density at radius 1 is 0.882 bits per heavy atom. The third kappa shape index (κ3) is 7.61. The van der Waals surface area contributed by atoms with Gasteiger partial charge >= 0.3 is 51.4 Å². The van der Waals surface area contributed by atoms with Gasteiger partial charge in [0.15, 0.2) is 23.0 Å². The molecule has 1 unspecified atom stereocenters. The number of hydrogen-bond acceptors (Lipinski definition) is 6. The van der Waals surface area contributed by atoms with Crippen LogP contribution >= 0.6 is 0 Å². The quantitative estimate of drug-likeness (QED) is 0.398. The van der Waals surface area contributed by atoms with Gasteiger partial charge in [-0.05, 0) is 74.2 Å². The molecule has 2 rings (SSSR count). The fraction of sp³-hybridized carbons (Fsp3) is 0.519. The van der Waals surface area contributed by atoms with E-state index >= 15 is 0 Å². The number of methoxy groups -OCH3 is 4. The first-order chi connectivity index (χ1) is 15.8. The van der Waals surface area contributed by atoms with Crippen LogP contribution in [0.25, 0.3) is 0 Å². The van der Waals surface area contributed by atoms with Crippen molar-refractivity contribution >= 4 is 0 Å². The third-order valence-electron chi connectivity index (χ3n) is 6.42. The Bertz CT molecular complexity index is 951. The van der Waals surface area contributed by atoms with E-state index in [0.717, 1.165) is 49.4 Å². The Hall–Kier alpha value is -1.27. The van der Waals surface area contributed by atoms with Gasteiger partial charge in [-0.3, -0.25) is 0 Å². The number of rotatable bonds is 13. The summed E-state index contributed by atoms with van der Waals surface area (Å²) in [5, 5.41) is 10.2. The Kier molecular flexibility index (Phi) is 13.5. The minimum Gasteiger partial charge on any atom is -1.00 e. The summed E-state index contributed by atoms with van der Waals surface area (Å²) in [4.78, 5) is 2.31. The zero-order chi connectivity index (χ0) is 24.4. The van der Waals surface area contributed by atoms with Crippen LogP contribution < -0.4 is 70.3 Å². The van der Waals surface area contributed by atoms with Gasteiger partial charge in [0.2, 0.25) is 0 Å². The Morgan fingerprint density at radius 3 is 1.97 bits per heavy atom. The fourth-order valence-corrected chi connectivity index (χ4v) is 4.23. The van der Waals surface area contributed by atoms with Crippen molar-refractivity contribution in [1.82, 2.24) is 4.90 Å². The van der Waals surface area contributed by atoms with Gasteiger partial charge in [0, 0.05) is 6.54 Å². The Balaban J connectivity index is 0.00000578. The second-order valence-electron chi connectivity index (χ2n) is 8.65. The van der Waals surface area contributed by atoms with Crippen LogP contribution in [0.5, 0.6) is 23.0 Å². The van der Waals surface area contributed by atoms with Crippen molar-refractivity contribution in [1.29, 1.82) is 5.26 Å². The first-order valence-corrected chi connectivity index (χ1v) is 11.4. The Morgan fingerprint density at radius 2 is 1.44 bits per heavy atom. The van der Waals surface area contributed by atoms with Crippen LogP contribution in [0, 0.1) is 17.2 Å². The molecule has 0 spiro atoms. The maximum Gasteiger partial charge on any atom is 1.00 e. The molecule has 0 aromatic heterocycles. The van der Waals surface area contributed by atoms with Crippen LogP contribution in [0.2, 0.25) is 0 Å². The molecule has 0 aliphatic heterocycles. The van der Waals surface area contributed by atoms with E-state index in [-0.39, 0.29) is 58.7 Å². The third-order valence-corrected chi connectivity index (χ3v) is 6.42. The van der Waals surface area contributed by atoms with Crippen LogP contribution in [0.3, 0.4) is 0 Å². The van der Waals surface area contributed by atoms with Crippen molar-refractivity contribution in [2.75, 3.05) is 48.6 Å². The first kappa shape index (κ1) is 30.8. The van der Waals surface area contributed by atoms with Gasteiger partial charge in [0.1, 0.15) is 0 Å². The van der Waals surface area contributed by atoms with Crippen molar-refractivity contribution < 1.29 is 71.8 Å². The van der Waals surface area contributed by atoms with Crippen LogP contribution in [-0.2, 0) is 11.8 Å². The van der Waals surface area contributed by atoms with E-state index in [0.29, 0.717) is 11.5 Å². The van der Waals surface area contributed by atoms with Gasteiger partial charge in [-0.25, -0.2) is 0 Å². The minimum atomic E-state index is -0.580. The van der Waals surface area contributed by atoms with Crippen LogP contribution in [0.15, 0.2) is 36.4 Å². The maximum atomic E-state index is 10.2. The van der Waals surface area contributed by atoms with Gasteiger partial charge in [-0.2, -0.15) is 5.26 Å². The SMILES string of the molecule is COc1ccc(CCN(C)CCCC(C#N)(c2ccc(OC)c(OC)c2)C(C)C)cc1OC.[H-].[K+]. The predicted molar refractivity (Wildman–Crippen MR) is 133 cm³/mol. The topological polar surface area (TPSA) is 64.0 Å². The second kappa shape index (κ2) is 15.0. The van der Waals surface area contributed by atoms with Crippen molar-refractivity contribution in [3.63, 3.8) is 0 Å². The molecule has 2 aromatic rings. The van der Waals surface area contributed by atoms with Crippen molar-refractivity contribution in [2.45, 2.75) is 38.5 Å². The van der Waals surface area contributed by atoms with Crippen molar-refractivity contribution in [3.8, 4) is 29.1 Å². The summed E-state index contributed by atoms with van der Waals surface area (Å²) in [6.45, 7) is 6.06. The minimum absolute atomic E-state index is 0. The number of hydrogen-bond donors (Lipinski definition) is 0. The molecule has 34 heavy (non-hydrogen) atoms. The molecule has 0 N–H and O–H groups in total. The molecule has 0 bridgehead atoms. The first-order valence-electron chi connectivity index (χ1n) is 11.4. The predicted octanol–water partition coefficient (Wildman–Crippen LogP) is 2.21. The van der Waals surface area contributed by atoms with Crippen LogP contribution in [0.4, 0.5) is 0 Å². The number of benzene rings is 2. The van der Waals surface area contributed by atoms with Crippen molar-refractivity contribution in [3.05, 3.63) is 47.5 Å². The van der Waals surface area contributed by atoms with E-state index in [1.165, 1.54) is 5.56 Å². The number of ether oxygens (including phenoxy) is 4. The summed E-state index contributed by atoms with van der Waals surface area (Å²) in [6, 6.07) is 14.5. The molecular weight excluding hydrogens is 455 g/mol. The molecule has 182 valence electrons. The van der Waals surface area contributed by atoms with Gasteiger partial charge < -0.3 is 25.3 Å². The molecule has 6 nitrogen and oxygen atoms in total. The molecule has 0 fully saturated rings. The zero-order valence-electron chi connectivity index (χ0n) is 23.1. The van der Waals surface area contributed by atoms with Gasteiger partial charge in [-0.1, -0.05) is 26.0 Å². The summed E-state index contributed by atoms with van der Waals surface area (Å²) in [6.07, 6.45) is 2.61. The largest absolute Gasteiger partial charge is 1.00 e. The summed E-state index contributed by atoms with van der Waals surface area (Å²) < 4.78 is 21.6. The van der Waals surface area contributed by atoms with Gasteiger partial charge in [0.25, 0.3) is 0 Å². The molecule has 0 heterocycles. The number of likely N-dealkylation sites (N-methyl/N-ethyl adjacent to an activating group) is 1. The van der Waals surface area contributed by atoms with Gasteiger partial charge in [0.05, 0.1) is 39.9 Å². The van der Waals surface area contributed by atoms with Gasteiger partial charge in [-0.15, -0.1) is 0 Å². The van der Waals surface area contributed by atoms with E-state index in [2.05, 4.69) is 37.9 Å². The number of nitriles is 1. The number of nitrogens with zero attached hydrogens (tertiary/aromatic N) is 2. The van der Waals surface area contributed by atoms with E-state index in [1.54, 1.807) is 28.4 Å². The molecule has 7 heteroatoms. The smallest absolute Gasteiger partial charge is 1.00 e. The maximum absolute atomic E-state index is 10.2. The molecule has 2 aromatic carbocycles. The standard InChI is InChI=1S/C27H38N2O4.K.H/c1-20(2)27(19-28,22-10-12-24(31-5)26(18-22)33-7)14-8-15-29(3)16-13-21-9-11-23(30-4)25(17-21)32-6;;/h9-12,17-18,20H,8,13-16H2,1-7H3;;/q;+1;-1. The average molecular weight is 495 g/mol. The summed E-state index contributed by atoms with van der Waals surface area (Å²) in [7, 11) is 8.67. The molecule has 0 aliphatic rings. The summed E-state index contributed by atoms with van der Waals surface area (Å²) >= 11 is 0. The molecule has 0 radical (unpaired) electrons. The zero-order valence-corrected chi connectivity index (χ0v) is 25.2. The van der Waals surface area contributed by atoms with Crippen LogP contribution in [-0.4, -0.2) is 53.5 Å². The summed E-state index contributed by atoms with van der Waals surface area (Å²) in [5.74, 6) is 2.99. The normalized spacial score (nSPS) is 12.5. The van der Waals surface area contributed by atoms with E-state index in [9.17, 15) is 5.26 Å². The van der Waals surface area contributed by atoms with Crippen molar-refractivity contribution in [2.24, 2.45) is 5.92 Å². The van der Waals surface area contributed by atoms with Crippen LogP contribution in [0.1, 0.15) is 39.2 Å². The monoisotopic (exact) mass is 494 g/mol. The molecule has 0 saturated heterocycles. The summed E-state index contributed by atoms with van der Waals surface area (Å²) in [5.41, 5.74) is 1.60. The van der Waals surface area contributed by atoms with E-state index in [1.807, 2.05) is 30.3 Å². The fourth-order valence-electron chi connectivity index (χ4n) is 4.23. The molecule has 0 aliphatic carbocycles. The second-order valence-corrected chi connectivity index (χ2v) is 8.65. The molecule has 1 atom stereocenters. The molecule has 0 amide bonds.